The zero-order chi connectivity index (χ0) is 23.8. The van der Waals surface area contributed by atoms with Gasteiger partial charge in [0.05, 0.1) is 12.6 Å². The first-order chi connectivity index (χ1) is 15.7. The molecule has 0 spiro atoms. The van der Waals surface area contributed by atoms with Gasteiger partial charge in [-0.2, -0.15) is 13.2 Å². The molecule has 1 heterocycles. The van der Waals surface area contributed by atoms with Gasteiger partial charge in [-0.15, -0.1) is 0 Å². The lowest BCUT2D eigenvalue weighted by Crippen LogP contribution is -2.48. The van der Waals surface area contributed by atoms with E-state index in [2.05, 4.69) is 34.1 Å². The van der Waals surface area contributed by atoms with E-state index in [0.29, 0.717) is 23.1 Å². The summed E-state index contributed by atoms with van der Waals surface area (Å²) in [6.07, 6.45) is -4.41. The van der Waals surface area contributed by atoms with Crippen LogP contribution in [0.5, 0.6) is 0 Å². The van der Waals surface area contributed by atoms with Crippen LogP contribution in [0, 0.1) is 0 Å². The summed E-state index contributed by atoms with van der Waals surface area (Å²) in [7, 11) is 1.13. The summed E-state index contributed by atoms with van der Waals surface area (Å²) in [5.41, 5.74) is 2.40. The van der Waals surface area contributed by atoms with E-state index in [1.807, 2.05) is 30.3 Å². The fourth-order valence-electron chi connectivity index (χ4n) is 3.96. The zero-order valence-electron chi connectivity index (χ0n) is 18.6. The van der Waals surface area contributed by atoms with Crippen LogP contribution in [-0.2, 0) is 9.53 Å². The van der Waals surface area contributed by atoms with Crippen molar-refractivity contribution in [2.75, 3.05) is 59.5 Å². The van der Waals surface area contributed by atoms with Crippen molar-refractivity contribution in [2.24, 2.45) is 0 Å². The topological polar surface area (TPSA) is 36.0 Å². The Labute approximate surface area is 197 Å². The first-order valence-corrected chi connectivity index (χ1v) is 11.3. The summed E-state index contributed by atoms with van der Waals surface area (Å²) in [4.78, 5) is 17.1. The molecule has 1 aliphatic rings. The minimum absolute atomic E-state index is 0.128. The van der Waals surface area contributed by atoms with Gasteiger partial charge in [0, 0.05) is 44.8 Å². The van der Waals surface area contributed by atoms with Crippen LogP contribution in [0.2, 0.25) is 5.02 Å². The number of rotatable bonds is 9. The molecule has 1 amide bonds. The van der Waals surface area contributed by atoms with Crippen LogP contribution in [-0.4, -0.2) is 86.3 Å². The van der Waals surface area contributed by atoms with Crippen molar-refractivity contribution in [2.45, 2.75) is 12.2 Å². The smallest absolute Gasteiger partial charge is 0.370 e. The molecule has 0 radical (unpaired) electrons. The SMILES string of the molecule is CN(CC(F)(F)F)C(=O)COCCN1CCN(C(c2ccccc2)c2ccc(Cl)cc2)CC1. The second-order valence-corrected chi connectivity index (χ2v) is 8.60. The zero-order valence-corrected chi connectivity index (χ0v) is 19.4. The van der Waals surface area contributed by atoms with Gasteiger partial charge in [-0.25, -0.2) is 0 Å². The molecule has 2 aromatic carbocycles. The fourth-order valence-corrected chi connectivity index (χ4v) is 4.09. The van der Waals surface area contributed by atoms with E-state index >= 15 is 0 Å². The maximum absolute atomic E-state index is 12.4. The predicted octanol–water partition coefficient (Wildman–Crippen LogP) is 4.08. The third kappa shape index (κ3) is 7.99. The maximum Gasteiger partial charge on any atom is 0.406 e. The summed E-state index contributed by atoms with van der Waals surface area (Å²) in [5.74, 6) is -0.675. The van der Waals surface area contributed by atoms with Crippen molar-refractivity contribution in [3.63, 3.8) is 0 Å². The lowest BCUT2D eigenvalue weighted by molar-refractivity contribution is -0.161. The van der Waals surface area contributed by atoms with Gasteiger partial charge in [-0.05, 0) is 23.3 Å². The molecule has 0 N–H and O–H groups in total. The Morgan fingerprint density at radius 3 is 2.24 bits per heavy atom. The molecule has 33 heavy (non-hydrogen) atoms. The number of benzene rings is 2. The number of carbonyl (C=O) groups excluding carboxylic acids is 1. The first kappa shape index (κ1) is 25.5. The van der Waals surface area contributed by atoms with Crippen molar-refractivity contribution in [3.8, 4) is 0 Å². The number of piperazine rings is 1. The van der Waals surface area contributed by atoms with E-state index in [-0.39, 0.29) is 12.6 Å². The van der Waals surface area contributed by atoms with Gasteiger partial charge in [-0.1, -0.05) is 54.1 Å². The highest BCUT2D eigenvalue weighted by molar-refractivity contribution is 6.30. The third-order valence-electron chi connectivity index (χ3n) is 5.69. The molecule has 2 aromatic rings. The number of nitrogens with zero attached hydrogens (tertiary/aromatic N) is 3. The number of alkyl halides is 3. The minimum Gasteiger partial charge on any atom is -0.370 e. The van der Waals surface area contributed by atoms with Gasteiger partial charge >= 0.3 is 6.18 Å². The average Bonchev–Trinajstić information content (AvgIpc) is 2.78. The van der Waals surface area contributed by atoms with Crippen molar-refractivity contribution in [1.82, 2.24) is 14.7 Å². The molecule has 3 rings (SSSR count). The van der Waals surface area contributed by atoms with Crippen LogP contribution in [0.3, 0.4) is 0 Å². The number of hydrogen-bond donors (Lipinski definition) is 0. The Bertz CT molecular complexity index is 873. The Balaban J connectivity index is 1.48. The second kappa shape index (κ2) is 11.8. The number of ether oxygens (including phenoxy) is 1. The molecule has 1 atom stereocenters. The molecule has 1 unspecified atom stereocenters. The van der Waals surface area contributed by atoms with Crippen molar-refractivity contribution in [1.29, 1.82) is 0 Å². The highest BCUT2D eigenvalue weighted by atomic mass is 35.5. The highest BCUT2D eigenvalue weighted by Crippen LogP contribution is 2.30. The number of amides is 1. The lowest BCUT2D eigenvalue weighted by atomic mass is 9.96. The number of likely N-dealkylation sites (N-methyl/N-ethyl adjacent to an activating group) is 1. The summed E-state index contributed by atoms with van der Waals surface area (Å²) in [6.45, 7) is 2.69. The number of halogens is 4. The number of carbonyl (C=O) groups is 1. The fraction of sp³-hybridized carbons (Fsp3) is 0.458. The molecule has 0 bridgehead atoms. The normalized spacial score (nSPS) is 16.5. The van der Waals surface area contributed by atoms with Gasteiger partial charge in [-0.3, -0.25) is 14.6 Å². The van der Waals surface area contributed by atoms with E-state index in [0.717, 1.165) is 33.2 Å². The van der Waals surface area contributed by atoms with E-state index < -0.39 is 18.6 Å². The molecule has 1 aliphatic heterocycles. The quantitative estimate of drug-likeness (QED) is 0.503. The summed E-state index contributed by atoms with van der Waals surface area (Å²) < 4.78 is 42.4. The molecule has 180 valence electrons. The monoisotopic (exact) mass is 483 g/mol. The largest absolute Gasteiger partial charge is 0.406 e. The van der Waals surface area contributed by atoms with Gasteiger partial charge in [0.1, 0.15) is 13.2 Å². The summed E-state index contributed by atoms with van der Waals surface area (Å²) >= 11 is 6.09. The average molecular weight is 484 g/mol. The summed E-state index contributed by atoms with van der Waals surface area (Å²) in [5, 5.41) is 0.707. The van der Waals surface area contributed by atoms with Crippen LogP contribution in [0.4, 0.5) is 13.2 Å². The van der Waals surface area contributed by atoms with Crippen LogP contribution in [0.1, 0.15) is 17.2 Å². The van der Waals surface area contributed by atoms with Crippen LogP contribution in [0.25, 0.3) is 0 Å². The van der Waals surface area contributed by atoms with E-state index in [9.17, 15) is 18.0 Å². The molecule has 0 aromatic heterocycles. The number of hydrogen-bond acceptors (Lipinski definition) is 4. The summed E-state index contributed by atoms with van der Waals surface area (Å²) in [6, 6.07) is 18.4. The van der Waals surface area contributed by atoms with E-state index in [1.165, 1.54) is 11.1 Å². The molecular weight excluding hydrogens is 455 g/mol. The van der Waals surface area contributed by atoms with Gasteiger partial charge in [0.15, 0.2) is 0 Å². The Morgan fingerprint density at radius 2 is 1.64 bits per heavy atom. The minimum atomic E-state index is -4.41. The molecule has 1 saturated heterocycles. The van der Waals surface area contributed by atoms with Crippen molar-refractivity contribution >= 4 is 17.5 Å². The second-order valence-electron chi connectivity index (χ2n) is 8.16. The lowest BCUT2D eigenvalue weighted by Gasteiger charge is -2.39. The Morgan fingerprint density at radius 1 is 1.03 bits per heavy atom. The van der Waals surface area contributed by atoms with Crippen LogP contribution >= 0.6 is 11.6 Å². The van der Waals surface area contributed by atoms with E-state index in [4.69, 9.17) is 16.3 Å². The molecular formula is C24H29ClF3N3O2. The van der Waals surface area contributed by atoms with Crippen molar-refractivity contribution < 1.29 is 22.7 Å². The highest BCUT2D eigenvalue weighted by Gasteiger charge is 2.31. The van der Waals surface area contributed by atoms with Gasteiger partial charge in [0.25, 0.3) is 0 Å². The van der Waals surface area contributed by atoms with Crippen LogP contribution in [0.15, 0.2) is 54.6 Å². The standard InChI is InChI=1S/C24H29ClF3N3O2/c1-29(18-24(26,27)28)22(32)17-33-16-15-30-11-13-31(14-12-30)23(19-5-3-2-4-6-19)20-7-9-21(25)10-8-20/h2-10,23H,11-18H2,1H3. The third-order valence-corrected chi connectivity index (χ3v) is 5.94. The maximum atomic E-state index is 12.4. The molecule has 0 aliphatic carbocycles. The molecule has 1 fully saturated rings. The molecule has 9 heteroatoms. The molecule has 5 nitrogen and oxygen atoms in total. The van der Waals surface area contributed by atoms with Crippen molar-refractivity contribution in [3.05, 3.63) is 70.7 Å². The predicted molar refractivity (Wildman–Crippen MR) is 122 cm³/mol. The van der Waals surface area contributed by atoms with Crippen LogP contribution < -0.4 is 0 Å². The van der Waals surface area contributed by atoms with Gasteiger partial charge in [0.2, 0.25) is 5.91 Å². The first-order valence-electron chi connectivity index (χ1n) is 10.9. The molecule has 0 saturated carbocycles. The van der Waals surface area contributed by atoms with Gasteiger partial charge < -0.3 is 9.64 Å². The Kier molecular flexibility index (Phi) is 9.14. The Hall–Kier alpha value is -2.13. The van der Waals surface area contributed by atoms with E-state index in [1.54, 1.807) is 0 Å².